The lowest BCUT2D eigenvalue weighted by atomic mass is 9.77. The number of rotatable bonds is 0. The van der Waals surface area contributed by atoms with Crippen LogP contribution in [0, 0.1) is 17.8 Å². The van der Waals surface area contributed by atoms with Crippen molar-refractivity contribution in [2.45, 2.75) is 44.1 Å². The topological polar surface area (TPSA) is 9.23 Å². The fraction of sp³-hybridized carbons (Fsp3) is 0.529. The van der Waals surface area contributed by atoms with Gasteiger partial charge in [-0.05, 0) is 50.7 Å². The summed E-state index contributed by atoms with van der Waals surface area (Å²) >= 11 is 0. The zero-order valence-electron chi connectivity index (χ0n) is 10.8. The Bertz CT molecular complexity index is 445. The van der Waals surface area contributed by atoms with Gasteiger partial charge in [0.1, 0.15) is 0 Å². The second-order valence-corrected chi connectivity index (χ2v) is 5.56. The summed E-state index contributed by atoms with van der Waals surface area (Å²) in [6.07, 6.45) is 7.39. The van der Waals surface area contributed by atoms with Crippen LogP contribution >= 0.6 is 0 Å². The molecule has 1 heterocycles. The van der Waals surface area contributed by atoms with Gasteiger partial charge >= 0.3 is 0 Å². The first-order valence-corrected chi connectivity index (χ1v) is 7.07. The summed E-state index contributed by atoms with van der Waals surface area (Å²) in [5.41, 5.74) is 1.32. The van der Waals surface area contributed by atoms with Gasteiger partial charge in [0.05, 0.1) is 5.60 Å². The third-order valence-corrected chi connectivity index (χ3v) is 4.18. The minimum atomic E-state index is 0.189. The van der Waals surface area contributed by atoms with Gasteiger partial charge in [-0.2, -0.15) is 0 Å². The number of ether oxygens (including phenoxy) is 1. The Balaban J connectivity index is 1.68. The maximum atomic E-state index is 6.00. The lowest BCUT2D eigenvalue weighted by Crippen LogP contribution is -2.34. The van der Waals surface area contributed by atoms with Crippen molar-refractivity contribution in [2.75, 3.05) is 6.61 Å². The van der Waals surface area contributed by atoms with Gasteiger partial charge in [-0.1, -0.05) is 30.0 Å². The maximum Gasteiger partial charge on any atom is 0.0695 e. The van der Waals surface area contributed by atoms with Crippen LogP contribution in [0.5, 0.6) is 0 Å². The zero-order chi connectivity index (χ0) is 12.3. The molecule has 0 unspecified atom stereocenters. The minimum Gasteiger partial charge on any atom is -0.375 e. The number of hydrogen-bond acceptors (Lipinski definition) is 1. The highest BCUT2D eigenvalue weighted by Gasteiger charge is 2.39. The van der Waals surface area contributed by atoms with Crippen molar-refractivity contribution < 1.29 is 4.74 Å². The van der Waals surface area contributed by atoms with E-state index in [1.807, 2.05) is 18.2 Å². The van der Waals surface area contributed by atoms with Crippen molar-refractivity contribution in [3.63, 3.8) is 0 Å². The molecule has 2 fully saturated rings. The third kappa shape index (κ3) is 2.60. The van der Waals surface area contributed by atoms with E-state index in [4.69, 9.17) is 4.74 Å². The van der Waals surface area contributed by atoms with E-state index in [-0.39, 0.29) is 5.60 Å². The highest BCUT2D eigenvalue weighted by atomic mass is 16.5. The fourth-order valence-corrected chi connectivity index (χ4v) is 3.27. The molecule has 3 rings (SSSR count). The summed E-state index contributed by atoms with van der Waals surface area (Å²) in [6.45, 7) is 0.957. The SMILES string of the molecule is C(#C[C@@H]1CCC[C@@]2(CCCO2)C1)c1ccccc1. The Morgan fingerprint density at radius 1 is 1.11 bits per heavy atom. The first-order valence-electron chi connectivity index (χ1n) is 7.07. The van der Waals surface area contributed by atoms with Crippen LogP contribution in [0.2, 0.25) is 0 Å². The van der Waals surface area contributed by atoms with E-state index in [2.05, 4.69) is 24.0 Å². The van der Waals surface area contributed by atoms with Crippen LogP contribution in [0.25, 0.3) is 0 Å². The van der Waals surface area contributed by atoms with Gasteiger partial charge < -0.3 is 4.74 Å². The van der Waals surface area contributed by atoms with Crippen LogP contribution in [0.15, 0.2) is 30.3 Å². The predicted molar refractivity (Wildman–Crippen MR) is 73.2 cm³/mol. The molecule has 94 valence electrons. The highest BCUT2D eigenvalue weighted by molar-refractivity contribution is 5.34. The van der Waals surface area contributed by atoms with Crippen LogP contribution in [0.1, 0.15) is 44.1 Å². The predicted octanol–water partition coefficient (Wildman–Crippen LogP) is 3.78. The molecule has 18 heavy (non-hydrogen) atoms. The summed E-state index contributed by atoms with van der Waals surface area (Å²) in [5.74, 6) is 7.30. The quantitative estimate of drug-likeness (QED) is 0.627. The van der Waals surface area contributed by atoms with Crippen molar-refractivity contribution in [1.29, 1.82) is 0 Å². The molecular weight excluding hydrogens is 220 g/mol. The Labute approximate surface area is 110 Å². The number of benzene rings is 1. The molecule has 1 spiro atoms. The van der Waals surface area contributed by atoms with Crippen molar-refractivity contribution in [3.8, 4) is 11.8 Å². The first-order chi connectivity index (χ1) is 8.86. The van der Waals surface area contributed by atoms with E-state index in [0.717, 1.165) is 18.6 Å². The van der Waals surface area contributed by atoms with Gasteiger partial charge in [0.2, 0.25) is 0 Å². The van der Waals surface area contributed by atoms with Crippen LogP contribution in [0.4, 0.5) is 0 Å². The molecule has 1 aliphatic carbocycles. The molecule has 1 aromatic rings. The van der Waals surface area contributed by atoms with Crippen molar-refractivity contribution in [1.82, 2.24) is 0 Å². The molecule has 1 nitrogen and oxygen atoms in total. The molecule has 1 heteroatoms. The smallest absolute Gasteiger partial charge is 0.0695 e. The Morgan fingerprint density at radius 2 is 1.94 bits per heavy atom. The van der Waals surface area contributed by atoms with Gasteiger partial charge in [0.25, 0.3) is 0 Å². The van der Waals surface area contributed by atoms with E-state index in [0.29, 0.717) is 5.92 Å². The Morgan fingerprint density at radius 3 is 2.72 bits per heavy atom. The molecule has 2 atom stereocenters. The molecule has 1 saturated heterocycles. The van der Waals surface area contributed by atoms with Crippen LogP contribution < -0.4 is 0 Å². The molecule has 1 aromatic carbocycles. The standard InChI is InChI=1S/C17H20O/c1-2-6-15(7-3-1)9-10-16-8-4-11-17(14-16)12-5-13-18-17/h1-3,6-7,16H,4-5,8,11-14H2/t16-,17+/m0/s1. The summed E-state index contributed by atoms with van der Waals surface area (Å²) in [5, 5.41) is 0. The van der Waals surface area contributed by atoms with E-state index in [9.17, 15) is 0 Å². The molecule has 0 aromatic heterocycles. The van der Waals surface area contributed by atoms with Gasteiger partial charge in [-0.3, -0.25) is 0 Å². The molecule has 1 aliphatic heterocycles. The molecule has 2 aliphatic rings. The maximum absolute atomic E-state index is 6.00. The fourth-order valence-electron chi connectivity index (χ4n) is 3.27. The average Bonchev–Trinajstić information content (AvgIpc) is 2.86. The lowest BCUT2D eigenvalue weighted by molar-refractivity contribution is -0.0331. The monoisotopic (exact) mass is 240 g/mol. The molecule has 0 amide bonds. The normalized spacial score (nSPS) is 31.0. The molecule has 0 N–H and O–H groups in total. The van der Waals surface area contributed by atoms with E-state index < -0.39 is 0 Å². The molecular formula is C17H20O. The van der Waals surface area contributed by atoms with Crippen molar-refractivity contribution in [3.05, 3.63) is 35.9 Å². The van der Waals surface area contributed by atoms with Crippen LogP contribution in [-0.4, -0.2) is 12.2 Å². The van der Waals surface area contributed by atoms with Gasteiger partial charge in [0, 0.05) is 18.1 Å². The van der Waals surface area contributed by atoms with Gasteiger partial charge in [-0.25, -0.2) is 0 Å². The third-order valence-electron chi connectivity index (χ3n) is 4.18. The van der Waals surface area contributed by atoms with Crippen molar-refractivity contribution >= 4 is 0 Å². The summed E-state index contributed by atoms with van der Waals surface area (Å²) < 4.78 is 6.00. The molecule has 0 bridgehead atoms. The zero-order valence-corrected chi connectivity index (χ0v) is 10.8. The minimum absolute atomic E-state index is 0.189. The van der Waals surface area contributed by atoms with Crippen LogP contribution in [-0.2, 0) is 4.74 Å². The molecule has 1 saturated carbocycles. The second kappa shape index (κ2) is 5.16. The van der Waals surface area contributed by atoms with E-state index >= 15 is 0 Å². The summed E-state index contributed by atoms with van der Waals surface area (Å²) in [4.78, 5) is 0. The Hall–Kier alpha value is -1.26. The van der Waals surface area contributed by atoms with Crippen molar-refractivity contribution in [2.24, 2.45) is 5.92 Å². The second-order valence-electron chi connectivity index (χ2n) is 5.56. The lowest BCUT2D eigenvalue weighted by Gasteiger charge is -2.35. The van der Waals surface area contributed by atoms with Gasteiger partial charge in [0.15, 0.2) is 0 Å². The van der Waals surface area contributed by atoms with Crippen LogP contribution in [0.3, 0.4) is 0 Å². The summed E-state index contributed by atoms with van der Waals surface area (Å²) in [7, 11) is 0. The Kier molecular flexibility index (Phi) is 3.39. The largest absolute Gasteiger partial charge is 0.375 e. The van der Waals surface area contributed by atoms with Gasteiger partial charge in [-0.15, -0.1) is 0 Å². The average molecular weight is 240 g/mol. The highest BCUT2D eigenvalue weighted by Crippen LogP contribution is 2.41. The number of hydrogen-bond donors (Lipinski definition) is 0. The van der Waals surface area contributed by atoms with E-state index in [1.54, 1.807) is 0 Å². The summed E-state index contributed by atoms with van der Waals surface area (Å²) in [6, 6.07) is 10.3. The molecule has 0 radical (unpaired) electrons. The first kappa shape index (κ1) is 11.8. The van der Waals surface area contributed by atoms with E-state index in [1.165, 1.54) is 32.1 Å².